The summed E-state index contributed by atoms with van der Waals surface area (Å²) in [4.78, 5) is 23.7. The summed E-state index contributed by atoms with van der Waals surface area (Å²) < 4.78 is 5.07. The molecule has 1 amide bonds. The summed E-state index contributed by atoms with van der Waals surface area (Å²) in [6.45, 7) is 4.07. The predicted molar refractivity (Wildman–Crippen MR) is 83.7 cm³/mol. The van der Waals surface area contributed by atoms with Crippen LogP contribution in [0.1, 0.15) is 37.0 Å². The Morgan fingerprint density at radius 3 is 2.62 bits per heavy atom. The summed E-state index contributed by atoms with van der Waals surface area (Å²) in [5, 5.41) is 3.02. The Hall–Kier alpha value is -1.46. The number of hydrogen-bond acceptors (Lipinski definition) is 4. The number of benzene rings is 1. The Morgan fingerprint density at radius 1 is 1.38 bits per heavy atom. The number of nitrogens with one attached hydrogen (secondary N) is 1. The molecule has 0 saturated carbocycles. The fourth-order valence-electron chi connectivity index (χ4n) is 1.54. The number of carbonyl (C=O) groups is 2. The van der Waals surface area contributed by atoms with E-state index < -0.39 is 12.1 Å². The molecule has 5 nitrogen and oxygen atoms in total. The quantitative estimate of drug-likeness (QED) is 0.476. The number of nitrogen functional groups attached to an aromatic ring is 1. The van der Waals surface area contributed by atoms with E-state index >= 15 is 0 Å². The molecule has 0 aliphatic carbocycles. The van der Waals surface area contributed by atoms with Gasteiger partial charge in [-0.05, 0) is 25.5 Å². The van der Waals surface area contributed by atoms with E-state index in [4.69, 9.17) is 33.7 Å². The highest BCUT2D eigenvalue weighted by Gasteiger charge is 2.19. The number of halogens is 2. The molecule has 0 radical (unpaired) electrons. The van der Waals surface area contributed by atoms with E-state index in [0.29, 0.717) is 6.54 Å². The molecule has 1 aromatic rings. The van der Waals surface area contributed by atoms with Crippen LogP contribution < -0.4 is 11.1 Å². The van der Waals surface area contributed by atoms with Gasteiger partial charge in [0.2, 0.25) is 0 Å². The van der Waals surface area contributed by atoms with Gasteiger partial charge in [-0.1, -0.05) is 36.5 Å². The average molecular weight is 333 g/mol. The first-order valence-electron chi connectivity index (χ1n) is 6.60. The lowest BCUT2D eigenvalue weighted by molar-refractivity contribution is -0.129. The van der Waals surface area contributed by atoms with Crippen LogP contribution in [-0.2, 0) is 9.53 Å². The number of rotatable bonds is 6. The van der Waals surface area contributed by atoms with Crippen molar-refractivity contribution in [3.8, 4) is 0 Å². The van der Waals surface area contributed by atoms with Crippen molar-refractivity contribution in [2.24, 2.45) is 0 Å². The second-order valence-corrected chi connectivity index (χ2v) is 5.34. The molecule has 7 heteroatoms. The second-order valence-electron chi connectivity index (χ2n) is 4.55. The number of unbranched alkanes of at least 4 members (excludes halogenated alkanes) is 1. The number of nitrogens with two attached hydrogens (primary N) is 1. The molecule has 116 valence electrons. The summed E-state index contributed by atoms with van der Waals surface area (Å²) in [5.41, 5.74) is 5.95. The van der Waals surface area contributed by atoms with Crippen LogP contribution in [0.5, 0.6) is 0 Å². The van der Waals surface area contributed by atoms with Crippen LogP contribution in [-0.4, -0.2) is 24.5 Å². The lowest BCUT2D eigenvalue weighted by Gasteiger charge is -2.14. The van der Waals surface area contributed by atoms with Crippen LogP contribution in [0.25, 0.3) is 0 Å². The third kappa shape index (κ3) is 5.10. The Bertz CT molecular complexity index is 512. The van der Waals surface area contributed by atoms with Gasteiger partial charge >= 0.3 is 5.97 Å². The van der Waals surface area contributed by atoms with Crippen molar-refractivity contribution in [2.75, 3.05) is 12.3 Å². The van der Waals surface area contributed by atoms with E-state index in [9.17, 15) is 9.59 Å². The van der Waals surface area contributed by atoms with Gasteiger partial charge in [0.1, 0.15) is 0 Å². The Morgan fingerprint density at radius 2 is 2.05 bits per heavy atom. The van der Waals surface area contributed by atoms with Gasteiger partial charge in [0.15, 0.2) is 6.10 Å². The lowest BCUT2D eigenvalue weighted by atomic mass is 10.2. The molecule has 3 N–H and O–H groups in total. The molecule has 0 aromatic heterocycles. The van der Waals surface area contributed by atoms with Crippen LogP contribution in [0.4, 0.5) is 5.69 Å². The monoisotopic (exact) mass is 332 g/mol. The highest BCUT2D eigenvalue weighted by atomic mass is 35.5. The van der Waals surface area contributed by atoms with Gasteiger partial charge in [-0.2, -0.15) is 0 Å². The first-order chi connectivity index (χ1) is 9.86. The number of ether oxygens (including phenoxy) is 1. The van der Waals surface area contributed by atoms with Crippen molar-refractivity contribution in [3.05, 3.63) is 27.7 Å². The number of esters is 1. The topological polar surface area (TPSA) is 81.4 Å². The zero-order valence-electron chi connectivity index (χ0n) is 11.9. The molecule has 0 heterocycles. The molecule has 1 unspecified atom stereocenters. The van der Waals surface area contributed by atoms with Crippen molar-refractivity contribution < 1.29 is 14.3 Å². The van der Waals surface area contributed by atoms with E-state index in [1.54, 1.807) is 0 Å². The van der Waals surface area contributed by atoms with E-state index in [-0.39, 0.29) is 27.2 Å². The summed E-state index contributed by atoms with van der Waals surface area (Å²) in [5.74, 6) is -1.02. The van der Waals surface area contributed by atoms with Gasteiger partial charge in [-0.3, -0.25) is 4.79 Å². The normalized spacial score (nSPS) is 11.8. The number of amides is 1. The minimum Gasteiger partial charge on any atom is -0.449 e. The maximum absolute atomic E-state index is 11.9. The highest BCUT2D eigenvalue weighted by Crippen LogP contribution is 2.29. The molecule has 0 fully saturated rings. The SMILES string of the molecule is CCCCNC(=O)C(C)OC(=O)c1cc(N)c(Cl)c(Cl)c1. The van der Waals surface area contributed by atoms with Crippen molar-refractivity contribution >= 4 is 40.8 Å². The molecule has 0 spiro atoms. The average Bonchev–Trinajstić information content (AvgIpc) is 2.44. The molecule has 0 aliphatic heterocycles. The first kappa shape index (κ1) is 17.6. The highest BCUT2D eigenvalue weighted by molar-refractivity contribution is 6.43. The molecule has 21 heavy (non-hydrogen) atoms. The summed E-state index contributed by atoms with van der Waals surface area (Å²) >= 11 is 11.7. The zero-order valence-corrected chi connectivity index (χ0v) is 13.4. The molecule has 0 saturated heterocycles. The molecule has 0 aliphatic rings. The van der Waals surface area contributed by atoms with Crippen molar-refractivity contribution in [1.82, 2.24) is 5.32 Å². The van der Waals surface area contributed by atoms with E-state index in [1.807, 2.05) is 6.92 Å². The van der Waals surface area contributed by atoms with E-state index in [2.05, 4.69) is 5.32 Å². The first-order valence-corrected chi connectivity index (χ1v) is 7.35. The van der Waals surface area contributed by atoms with Crippen LogP contribution in [0.2, 0.25) is 10.0 Å². The number of carbonyl (C=O) groups excluding carboxylic acids is 2. The van der Waals surface area contributed by atoms with Crippen molar-refractivity contribution in [3.63, 3.8) is 0 Å². The minimum atomic E-state index is -0.898. The van der Waals surface area contributed by atoms with Crippen LogP contribution in [0, 0.1) is 0 Å². The lowest BCUT2D eigenvalue weighted by Crippen LogP contribution is -2.36. The van der Waals surface area contributed by atoms with Gasteiger partial charge in [-0.15, -0.1) is 0 Å². The molecule has 0 bridgehead atoms. The Labute approximate surface area is 133 Å². The molecular weight excluding hydrogens is 315 g/mol. The molecular formula is C14H18Cl2N2O3. The molecule has 1 rings (SSSR count). The predicted octanol–water partition coefficient (Wildman–Crippen LogP) is 3.04. The van der Waals surface area contributed by atoms with Gasteiger partial charge in [0.05, 0.1) is 21.3 Å². The van der Waals surface area contributed by atoms with E-state index in [1.165, 1.54) is 19.1 Å². The maximum atomic E-state index is 11.9. The fourth-order valence-corrected chi connectivity index (χ4v) is 1.88. The Kier molecular flexibility index (Phi) is 6.78. The van der Waals surface area contributed by atoms with Crippen LogP contribution >= 0.6 is 23.2 Å². The zero-order chi connectivity index (χ0) is 16.0. The summed E-state index contributed by atoms with van der Waals surface area (Å²) in [7, 11) is 0. The Balaban J connectivity index is 2.66. The minimum absolute atomic E-state index is 0.148. The fraction of sp³-hybridized carbons (Fsp3) is 0.429. The summed E-state index contributed by atoms with van der Waals surface area (Å²) in [6.07, 6.45) is 0.942. The van der Waals surface area contributed by atoms with Crippen molar-refractivity contribution in [2.45, 2.75) is 32.8 Å². The van der Waals surface area contributed by atoms with Crippen molar-refractivity contribution in [1.29, 1.82) is 0 Å². The van der Waals surface area contributed by atoms with Gasteiger partial charge in [-0.25, -0.2) is 4.79 Å². The van der Waals surface area contributed by atoms with Gasteiger partial charge < -0.3 is 15.8 Å². The van der Waals surface area contributed by atoms with Gasteiger partial charge in [0, 0.05) is 6.54 Å². The number of anilines is 1. The smallest absolute Gasteiger partial charge is 0.339 e. The molecule has 1 atom stereocenters. The summed E-state index contributed by atoms with van der Waals surface area (Å²) in [6, 6.07) is 2.71. The van der Waals surface area contributed by atoms with Gasteiger partial charge in [0.25, 0.3) is 5.91 Å². The molecule has 1 aromatic carbocycles. The largest absolute Gasteiger partial charge is 0.449 e. The standard InChI is InChI=1S/C14H18Cl2N2O3/c1-3-4-5-18-13(19)8(2)21-14(20)9-6-10(15)12(16)11(17)7-9/h6-8H,3-5,17H2,1-2H3,(H,18,19). The van der Waals surface area contributed by atoms with Crippen LogP contribution in [0.3, 0.4) is 0 Å². The van der Waals surface area contributed by atoms with Crippen LogP contribution in [0.15, 0.2) is 12.1 Å². The van der Waals surface area contributed by atoms with E-state index in [0.717, 1.165) is 12.8 Å². The second kappa shape index (κ2) is 8.10. The third-order valence-corrected chi connectivity index (χ3v) is 3.59. The third-order valence-electron chi connectivity index (χ3n) is 2.77. The number of hydrogen-bond donors (Lipinski definition) is 2. The maximum Gasteiger partial charge on any atom is 0.339 e.